The van der Waals surface area contributed by atoms with Gasteiger partial charge in [-0.15, -0.1) is 0 Å². The summed E-state index contributed by atoms with van der Waals surface area (Å²) in [6.07, 6.45) is -4.59. The summed E-state index contributed by atoms with van der Waals surface area (Å²) in [5, 5.41) is 8.86. The van der Waals surface area contributed by atoms with Crippen LogP contribution in [0.4, 0.5) is 13.2 Å². The van der Waals surface area contributed by atoms with E-state index in [4.69, 9.17) is 21.4 Å². The minimum absolute atomic E-state index is 0.0181. The zero-order valence-corrected chi connectivity index (χ0v) is 15.1. The topological polar surface area (TPSA) is 46.5 Å². The molecule has 0 spiro atoms. The Morgan fingerprint density at radius 1 is 0.964 bits per heavy atom. The molecule has 3 rings (SSSR count). The molecule has 3 aromatic carbocycles. The first-order valence-corrected chi connectivity index (χ1v) is 8.56. The van der Waals surface area contributed by atoms with Crippen molar-refractivity contribution < 1.29 is 27.8 Å². The number of alkyl halides is 3. The quantitative estimate of drug-likeness (QED) is 0.530. The lowest BCUT2D eigenvalue weighted by atomic mass is 10.0. The van der Waals surface area contributed by atoms with Gasteiger partial charge in [0.2, 0.25) is 0 Å². The first-order valence-electron chi connectivity index (χ1n) is 8.18. The maximum absolute atomic E-state index is 12.8. The molecule has 0 unspecified atom stereocenters. The predicted octanol–water partition coefficient (Wildman–Crippen LogP) is 6.45. The van der Waals surface area contributed by atoms with Gasteiger partial charge in [-0.25, -0.2) is 0 Å². The number of rotatable bonds is 5. The molecule has 3 nitrogen and oxygen atoms in total. The molecule has 1 N–H and O–H groups in total. The van der Waals surface area contributed by atoms with Crippen molar-refractivity contribution in [2.75, 3.05) is 0 Å². The fourth-order valence-electron chi connectivity index (χ4n) is 2.68. The standard InChI is InChI=1S/C21H14ClF3O3/c22-19-12-15(21(23,24)25)7-8-18(19)14-4-2-6-17(11-14)28-16-5-1-3-13(9-16)10-20(26)27/h1-9,11-12H,10H2,(H,26,27). The molecule has 0 aromatic heterocycles. The number of ether oxygens (including phenoxy) is 1. The molecule has 3 aromatic rings. The van der Waals surface area contributed by atoms with E-state index in [0.717, 1.165) is 12.1 Å². The SMILES string of the molecule is O=C(O)Cc1cccc(Oc2cccc(-c3ccc(C(F)(F)F)cc3Cl)c2)c1. The van der Waals surface area contributed by atoms with Gasteiger partial charge in [-0.2, -0.15) is 13.2 Å². The van der Waals surface area contributed by atoms with Crippen molar-refractivity contribution in [2.24, 2.45) is 0 Å². The maximum Gasteiger partial charge on any atom is 0.416 e. The Bertz CT molecular complexity index is 1020. The van der Waals surface area contributed by atoms with Crippen LogP contribution in [0, 0.1) is 0 Å². The van der Waals surface area contributed by atoms with Crippen LogP contribution in [0.2, 0.25) is 5.02 Å². The minimum atomic E-state index is -4.46. The molecule has 0 amide bonds. The average molecular weight is 407 g/mol. The van der Waals surface area contributed by atoms with Gasteiger partial charge in [0.1, 0.15) is 11.5 Å². The third-order valence-electron chi connectivity index (χ3n) is 3.93. The normalized spacial score (nSPS) is 11.3. The van der Waals surface area contributed by atoms with Crippen molar-refractivity contribution >= 4 is 17.6 Å². The Kier molecular flexibility index (Phi) is 5.61. The van der Waals surface area contributed by atoms with E-state index in [9.17, 15) is 18.0 Å². The van der Waals surface area contributed by atoms with Crippen LogP contribution in [0.1, 0.15) is 11.1 Å². The van der Waals surface area contributed by atoms with Gasteiger partial charge >= 0.3 is 12.1 Å². The molecule has 28 heavy (non-hydrogen) atoms. The third-order valence-corrected chi connectivity index (χ3v) is 4.24. The highest BCUT2D eigenvalue weighted by atomic mass is 35.5. The van der Waals surface area contributed by atoms with Crippen LogP contribution in [0.5, 0.6) is 11.5 Å². The molecule has 7 heteroatoms. The van der Waals surface area contributed by atoms with Crippen molar-refractivity contribution in [1.82, 2.24) is 0 Å². The van der Waals surface area contributed by atoms with Crippen LogP contribution in [-0.4, -0.2) is 11.1 Å². The van der Waals surface area contributed by atoms with E-state index in [2.05, 4.69) is 0 Å². The zero-order valence-electron chi connectivity index (χ0n) is 14.3. The van der Waals surface area contributed by atoms with E-state index < -0.39 is 17.7 Å². The summed E-state index contributed by atoms with van der Waals surface area (Å²) >= 11 is 6.06. The van der Waals surface area contributed by atoms with E-state index in [1.54, 1.807) is 48.5 Å². The molecule has 0 aliphatic rings. The molecule has 0 radical (unpaired) electrons. The van der Waals surface area contributed by atoms with Gasteiger partial charge in [0.05, 0.1) is 12.0 Å². The molecule has 0 atom stereocenters. The number of hydrogen-bond donors (Lipinski definition) is 1. The Morgan fingerprint density at radius 3 is 2.29 bits per heavy atom. The van der Waals surface area contributed by atoms with Crippen molar-refractivity contribution in [1.29, 1.82) is 0 Å². The maximum atomic E-state index is 12.8. The van der Waals surface area contributed by atoms with E-state index >= 15 is 0 Å². The van der Waals surface area contributed by atoms with Gasteiger partial charge < -0.3 is 9.84 Å². The second-order valence-electron chi connectivity index (χ2n) is 6.04. The van der Waals surface area contributed by atoms with Gasteiger partial charge in [-0.3, -0.25) is 4.79 Å². The van der Waals surface area contributed by atoms with Gasteiger partial charge in [0.15, 0.2) is 0 Å². The fourth-order valence-corrected chi connectivity index (χ4v) is 2.97. The van der Waals surface area contributed by atoms with Gasteiger partial charge in [0.25, 0.3) is 0 Å². The summed E-state index contributed by atoms with van der Waals surface area (Å²) in [7, 11) is 0. The summed E-state index contributed by atoms with van der Waals surface area (Å²) in [5.41, 5.74) is 0.813. The second kappa shape index (κ2) is 7.94. The lowest BCUT2D eigenvalue weighted by molar-refractivity contribution is -0.138. The highest BCUT2D eigenvalue weighted by Gasteiger charge is 2.30. The van der Waals surface area contributed by atoms with Crippen LogP contribution >= 0.6 is 11.6 Å². The van der Waals surface area contributed by atoms with E-state index in [1.165, 1.54) is 6.07 Å². The van der Waals surface area contributed by atoms with Crippen molar-refractivity contribution in [3.63, 3.8) is 0 Å². The Balaban J connectivity index is 1.86. The number of carboxylic acids is 1. The smallest absolute Gasteiger partial charge is 0.416 e. The third kappa shape index (κ3) is 4.84. The van der Waals surface area contributed by atoms with Crippen LogP contribution in [0.25, 0.3) is 11.1 Å². The lowest BCUT2D eigenvalue weighted by Crippen LogP contribution is -2.04. The number of halogens is 4. The van der Waals surface area contributed by atoms with Crippen LogP contribution in [0.3, 0.4) is 0 Å². The van der Waals surface area contributed by atoms with Gasteiger partial charge in [0, 0.05) is 10.6 Å². The summed E-state index contributed by atoms with van der Waals surface area (Å²) in [6.45, 7) is 0. The fraction of sp³-hybridized carbons (Fsp3) is 0.0952. The molecule has 0 aliphatic carbocycles. The lowest BCUT2D eigenvalue weighted by Gasteiger charge is -2.12. The summed E-state index contributed by atoms with van der Waals surface area (Å²) in [5.74, 6) is -0.0496. The van der Waals surface area contributed by atoms with Gasteiger partial charge in [-0.05, 0) is 47.5 Å². The van der Waals surface area contributed by atoms with Crippen LogP contribution < -0.4 is 4.74 Å². The number of hydrogen-bond acceptors (Lipinski definition) is 2. The highest BCUT2D eigenvalue weighted by Crippen LogP contribution is 2.36. The van der Waals surface area contributed by atoms with Crippen LogP contribution in [-0.2, 0) is 17.4 Å². The van der Waals surface area contributed by atoms with E-state index in [-0.39, 0.29) is 11.4 Å². The number of aliphatic carboxylic acids is 1. The molecular formula is C21H14ClF3O3. The summed E-state index contributed by atoms with van der Waals surface area (Å²) in [4.78, 5) is 10.8. The Labute approximate surface area is 164 Å². The average Bonchev–Trinajstić information content (AvgIpc) is 2.61. The molecule has 0 saturated carbocycles. The minimum Gasteiger partial charge on any atom is -0.481 e. The summed E-state index contributed by atoms with van der Waals surface area (Å²) in [6, 6.07) is 16.6. The molecule has 0 fully saturated rings. The molecule has 0 saturated heterocycles. The highest BCUT2D eigenvalue weighted by molar-refractivity contribution is 6.33. The predicted molar refractivity (Wildman–Crippen MR) is 99.7 cm³/mol. The second-order valence-corrected chi connectivity index (χ2v) is 6.45. The molecule has 0 bridgehead atoms. The van der Waals surface area contributed by atoms with Crippen LogP contribution in [0.15, 0.2) is 66.7 Å². The molecule has 144 valence electrons. The number of benzene rings is 3. The first kappa shape index (κ1) is 19.8. The van der Waals surface area contributed by atoms with Crippen molar-refractivity contribution in [3.05, 3.63) is 82.9 Å². The molecular weight excluding hydrogens is 393 g/mol. The Morgan fingerprint density at radius 2 is 1.64 bits per heavy atom. The summed E-state index contributed by atoms with van der Waals surface area (Å²) < 4.78 is 44.2. The van der Waals surface area contributed by atoms with Crippen molar-refractivity contribution in [2.45, 2.75) is 12.6 Å². The van der Waals surface area contributed by atoms with E-state index in [1.807, 2.05) is 0 Å². The van der Waals surface area contributed by atoms with Crippen molar-refractivity contribution in [3.8, 4) is 22.6 Å². The molecule has 0 heterocycles. The van der Waals surface area contributed by atoms with Gasteiger partial charge in [-0.1, -0.05) is 41.9 Å². The number of carbonyl (C=O) groups is 1. The Hall–Kier alpha value is -2.99. The first-order chi connectivity index (χ1) is 13.2. The molecule has 0 aliphatic heterocycles. The number of carboxylic acid groups (broad SMARTS) is 1. The zero-order chi connectivity index (χ0) is 20.3. The van der Waals surface area contributed by atoms with E-state index in [0.29, 0.717) is 28.2 Å². The largest absolute Gasteiger partial charge is 0.481 e. The monoisotopic (exact) mass is 406 g/mol.